The van der Waals surface area contributed by atoms with Gasteiger partial charge in [-0.15, -0.1) is 12.4 Å². The number of aryl methyl sites for hydroxylation is 1. The maximum absolute atomic E-state index is 13.6. The molecule has 35 heavy (non-hydrogen) atoms. The summed E-state index contributed by atoms with van der Waals surface area (Å²) in [5, 5.41) is 0.665. The van der Waals surface area contributed by atoms with Crippen LogP contribution in [0.5, 0.6) is 0 Å². The number of para-hydroxylation sites is 1. The van der Waals surface area contributed by atoms with Crippen molar-refractivity contribution in [2.75, 3.05) is 45.2 Å². The third kappa shape index (κ3) is 6.21. The quantitative estimate of drug-likeness (QED) is 0.413. The standard InChI is InChI=1S/C25H32N4O3S2.ClH/c1-19-9-7-10-22-23(19)26-25(33-22)29(18-8-15-27(2)3)24(30)20-11-13-21(14-12-20)34(31,32)28-16-5-4-6-17-28;/h7,9-14H,4-6,8,15-18H2,1-3H3;1H. The minimum absolute atomic E-state index is 0. The van der Waals surface area contributed by atoms with E-state index < -0.39 is 10.0 Å². The molecule has 190 valence electrons. The molecule has 0 aliphatic carbocycles. The zero-order valence-corrected chi connectivity index (χ0v) is 22.9. The average molecular weight is 537 g/mol. The summed E-state index contributed by atoms with van der Waals surface area (Å²) in [6, 6.07) is 12.4. The molecule has 2 heterocycles. The maximum Gasteiger partial charge on any atom is 0.260 e. The average Bonchev–Trinajstić information content (AvgIpc) is 3.27. The highest BCUT2D eigenvalue weighted by Crippen LogP contribution is 2.32. The van der Waals surface area contributed by atoms with Crippen LogP contribution in [0.3, 0.4) is 0 Å². The van der Waals surface area contributed by atoms with Crippen LogP contribution in [0.4, 0.5) is 5.13 Å². The van der Waals surface area contributed by atoms with Crippen molar-refractivity contribution in [3.8, 4) is 0 Å². The van der Waals surface area contributed by atoms with Gasteiger partial charge in [-0.05, 0) is 82.7 Å². The lowest BCUT2D eigenvalue weighted by atomic mass is 10.2. The first-order valence-corrected chi connectivity index (χ1v) is 14.0. The van der Waals surface area contributed by atoms with Gasteiger partial charge < -0.3 is 4.90 Å². The van der Waals surface area contributed by atoms with Gasteiger partial charge in [-0.2, -0.15) is 4.31 Å². The molecule has 2 aromatic carbocycles. The predicted molar refractivity (Wildman–Crippen MR) is 146 cm³/mol. The van der Waals surface area contributed by atoms with E-state index in [2.05, 4.69) is 4.90 Å². The number of amides is 1. The zero-order chi connectivity index (χ0) is 24.3. The van der Waals surface area contributed by atoms with E-state index in [-0.39, 0.29) is 23.2 Å². The van der Waals surface area contributed by atoms with Gasteiger partial charge in [0.2, 0.25) is 10.0 Å². The highest BCUT2D eigenvalue weighted by molar-refractivity contribution is 7.89. The molecule has 0 spiro atoms. The molecule has 0 N–H and O–H groups in total. The van der Waals surface area contributed by atoms with Crippen molar-refractivity contribution in [3.63, 3.8) is 0 Å². The van der Waals surface area contributed by atoms with E-state index in [4.69, 9.17) is 4.98 Å². The number of benzene rings is 2. The number of halogens is 1. The number of nitrogens with zero attached hydrogens (tertiary/aromatic N) is 4. The van der Waals surface area contributed by atoms with Crippen molar-refractivity contribution in [3.05, 3.63) is 53.6 Å². The molecule has 4 rings (SSSR count). The molecule has 0 radical (unpaired) electrons. The lowest BCUT2D eigenvalue weighted by Gasteiger charge is -2.26. The Labute approximate surface area is 218 Å². The molecule has 1 aliphatic heterocycles. The van der Waals surface area contributed by atoms with Crippen LogP contribution in [-0.2, 0) is 10.0 Å². The summed E-state index contributed by atoms with van der Waals surface area (Å²) in [7, 11) is 0.487. The van der Waals surface area contributed by atoms with Crippen molar-refractivity contribution in [2.24, 2.45) is 0 Å². The number of rotatable bonds is 8. The van der Waals surface area contributed by atoms with Gasteiger partial charge in [-0.25, -0.2) is 13.4 Å². The first-order chi connectivity index (χ1) is 16.3. The largest absolute Gasteiger partial charge is 0.309 e. The lowest BCUT2D eigenvalue weighted by molar-refractivity contribution is 0.0986. The minimum Gasteiger partial charge on any atom is -0.309 e. The second-order valence-electron chi connectivity index (χ2n) is 9.02. The number of sulfonamides is 1. The molecule has 0 bridgehead atoms. The third-order valence-corrected chi connectivity index (χ3v) is 9.08. The van der Waals surface area contributed by atoms with E-state index in [0.717, 1.165) is 48.0 Å². The summed E-state index contributed by atoms with van der Waals surface area (Å²) >= 11 is 1.51. The molecule has 1 fully saturated rings. The number of fused-ring (bicyclic) bond motifs is 1. The minimum atomic E-state index is -3.53. The molecule has 7 nitrogen and oxygen atoms in total. The molecule has 1 amide bonds. The topological polar surface area (TPSA) is 73.8 Å². The van der Waals surface area contributed by atoms with Gasteiger partial charge >= 0.3 is 0 Å². The van der Waals surface area contributed by atoms with Crippen LogP contribution in [0.1, 0.15) is 41.6 Å². The number of piperidine rings is 1. The van der Waals surface area contributed by atoms with Crippen molar-refractivity contribution in [1.29, 1.82) is 0 Å². The van der Waals surface area contributed by atoms with Crippen LogP contribution in [0.25, 0.3) is 10.2 Å². The number of carbonyl (C=O) groups is 1. The first kappa shape index (κ1) is 27.5. The van der Waals surface area contributed by atoms with Gasteiger partial charge in [0.15, 0.2) is 5.13 Å². The second-order valence-corrected chi connectivity index (χ2v) is 12.0. The molecular weight excluding hydrogens is 504 g/mol. The summed E-state index contributed by atoms with van der Waals surface area (Å²) in [4.78, 5) is 22.4. The summed E-state index contributed by atoms with van der Waals surface area (Å²) in [5.74, 6) is -0.169. The monoisotopic (exact) mass is 536 g/mol. The van der Waals surface area contributed by atoms with Crippen LogP contribution in [0, 0.1) is 6.92 Å². The number of carbonyl (C=O) groups excluding carboxylic acids is 1. The fourth-order valence-corrected chi connectivity index (χ4v) is 6.78. The van der Waals surface area contributed by atoms with Gasteiger partial charge in [0, 0.05) is 25.2 Å². The molecule has 0 saturated carbocycles. The second kappa shape index (κ2) is 11.8. The molecule has 0 atom stereocenters. The predicted octanol–water partition coefficient (Wildman–Crippen LogP) is 4.80. The summed E-state index contributed by atoms with van der Waals surface area (Å²) in [6.45, 7) is 4.51. The van der Waals surface area contributed by atoms with Gasteiger partial charge in [0.25, 0.3) is 5.91 Å². The number of thiazole rings is 1. The highest BCUT2D eigenvalue weighted by atomic mass is 35.5. The van der Waals surface area contributed by atoms with Crippen LogP contribution in [-0.4, -0.2) is 68.8 Å². The smallest absolute Gasteiger partial charge is 0.260 e. The van der Waals surface area contributed by atoms with E-state index in [1.807, 2.05) is 39.2 Å². The number of hydrogen-bond donors (Lipinski definition) is 0. The van der Waals surface area contributed by atoms with Crippen molar-refractivity contribution in [2.45, 2.75) is 37.5 Å². The van der Waals surface area contributed by atoms with Gasteiger partial charge in [0.05, 0.1) is 15.1 Å². The Balaban J connectivity index is 0.00000342. The Morgan fingerprint density at radius 2 is 1.71 bits per heavy atom. The van der Waals surface area contributed by atoms with Crippen molar-refractivity contribution >= 4 is 55.0 Å². The van der Waals surface area contributed by atoms with E-state index in [1.54, 1.807) is 33.5 Å². The van der Waals surface area contributed by atoms with E-state index >= 15 is 0 Å². The normalized spacial score (nSPS) is 14.7. The molecule has 1 saturated heterocycles. The lowest BCUT2D eigenvalue weighted by Crippen LogP contribution is -2.35. The SMILES string of the molecule is Cc1cccc2sc(N(CCCN(C)C)C(=O)c3ccc(S(=O)(=O)N4CCCCC4)cc3)nc12.Cl. The first-order valence-electron chi connectivity index (χ1n) is 11.7. The zero-order valence-electron chi connectivity index (χ0n) is 20.4. The number of hydrogen-bond acceptors (Lipinski definition) is 6. The maximum atomic E-state index is 13.6. The van der Waals surface area contributed by atoms with Crippen LogP contribution >= 0.6 is 23.7 Å². The Bertz CT molecular complexity index is 1250. The molecule has 1 aliphatic rings. The molecule has 3 aromatic rings. The number of anilines is 1. The Kier molecular flexibility index (Phi) is 9.28. The molecule has 10 heteroatoms. The molecule has 1 aromatic heterocycles. The molecular formula is C25H33ClN4O3S2. The Morgan fingerprint density at radius 1 is 1.03 bits per heavy atom. The van der Waals surface area contributed by atoms with Gasteiger partial charge in [0.1, 0.15) is 0 Å². The molecule has 0 unspecified atom stereocenters. The van der Waals surface area contributed by atoms with Gasteiger partial charge in [-0.3, -0.25) is 9.69 Å². The van der Waals surface area contributed by atoms with Crippen LogP contribution in [0.2, 0.25) is 0 Å². The van der Waals surface area contributed by atoms with Crippen molar-refractivity contribution in [1.82, 2.24) is 14.2 Å². The fourth-order valence-electron chi connectivity index (χ4n) is 4.20. The summed E-state index contributed by atoms with van der Waals surface area (Å²) in [6.07, 6.45) is 3.64. The summed E-state index contributed by atoms with van der Waals surface area (Å²) in [5.41, 5.74) is 2.45. The summed E-state index contributed by atoms with van der Waals surface area (Å²) < 4.78 is 28.5. The highest BCUT2D eigenvalue weighted by Gasteiger charge is 2.27. The third-order valence-electron chi connectivity index (χ3n) is 6.13. The van der Waals surface area contributed by atoms with E-state index in [9.17, 15) is 13.2 Å². The van der Waals surface area contributed by atoms with Gasteiger partial charge in [-0.1, -0.05) is 29.9 Å². The Morgan fingerprint density at radius 3 is 2.34 bits per heavy atom. The fraction of sp³-hybridized carbons (Fsp3) is 0.440. The Hall–Kier alpha value is -2.04. The van der Waals surface area contributed by atoms with Crippen molar-refractivity contribution < 1.29 is 13.2 Å². The van der Waals surface area contributed by atoms with Crippen LogP contribution in [0.15, 0.2) is 47.4 Å². The van der Waals surface area contributed by atoms with Crippen LogP contribution < -0.4 is 4.90 Å². The van der Waals surface area contributed by atoms with E-state index in [0.29, 0.717) is 30.3 Å². The van der Waals surface area contributed by atoms with E-state index in [1.165, 1.54) is 11.3 Å². The number of aromatic nitrogens is 1.